The van der Waals surface area contributed by atoms with Crippen molar-refractivity contribution in [2.45, 2.75) is 12.3 Å². The maximum absolute atomic E-state index is 13.1. The highest BCUT2D eigenvalue weighted by molar-refractivity contribution is 6.31. The van der Waals surface area contributed by atoms with Crippen LogP contribution in [0.25, 0.3) is 11.5 Å². The number of aromatic nitrogens is 2. The molecule has 1 amide bonds. The van der Waals surface area contributed by atoms with E-state index in [1.54, 1.807) is 18.2 Å². The van der Waals surface area contributed by atoms with Gasteiger partial charge in [0, 0.05) is 16.1 Å². The van der Waals surface area contributed by atoms with Crippen molar-refractivity contribution in [2.24, 2.45) is 0 Å². The lowest BCUT2D eigenvalue weighted by atomic mass is 10.1. The average molecular weight is 384 g/mol. The van der Waals surface area contributed by atoms with Crippen LogP contribution in [0.1, 0.15) is 11.5 Å². The Kier molecular flexibility index (Phi) is 3.75. The molecule has 3 aromatic rings. The van der Waals surface area contributed by atoms with Gasteiger partial charge in [-0.05, 0) is 30.3 Å². The zero-order valence-electron chi connectivity index (χ0n) is 14.1. The van der Waals surface area contributed by atoms with Gasteiger partial charge in [-0.3, -0.25) is 9.69 Å². The normalized spacial score (nSPS) is 17.7. The summed E-state index contributed by atoms with van der Waals surface area (Å²) in [4.78, 5) is 14.6. The first-order valence-corrected chi connectivity index (χ1v) is 8.83. The number of ether oxygens (including phenoxy) is 2. The molecule has 5 rings (SSSR count). The molecule has 0 bridgehead atoms. The van der Waals surface area contributed by atoms with Crippen molar-refractivity contribution in [1.29, 1.82) is 0 Å². The molecule has 2 aliphatic heterocycles. The largest absolute Gasteiger partial charge is 0.419 e. The van der Waals surface area contributed by atoms with Crippen LogP contribution in [0.3, 0.4) is 0 Å². The predicted octanol–water partition coefficient (Wildman–Crippen LogP) is 3.14. The van der Waals surface area contributed by atoms with E-state index in [0.717, 1.165) is 5.56 Å². The quantitative estimate of drug-likeness (QED) is 0.691. The molecule has 1 aromatic heterocycles. The summed E-state index contributed by atoms with van der Waals surface area (Å²) < 4.78 is 17.1. The highest BCUT2D eigenvalue weighted by Gasteiger charge is 2.56. The van der Waals surface area contributed by atoms with Crippen LogP contribution in [0, 0.1) is 0 Å². The smallest absolute Gasteiger partial charge is 0.293 e. The van der Waals surface area contributed by atoms with E-state index in [2.05, 4.69) is 10.2 Å². The number of carbonyl (C=O) groups is 1. The lowest BCUT2D eigenvalue weighted by molar-refractivity contribution is -0.180. The number of hydrogen-bond acceptors (Lipinski definition) is 6. The summed E-state index contributed by atoms with van der Waals surface area (Å²) in [6, 6.07) is 14.6. The van der Waals surface area contributed by atoms with Crippen LogP contribution in [0.15, 0.2) is 52.9 Å². The predicted molar refractivity (Wildman–Crippen MR) is 96.0 cm³/mol. The van der Waals surface area contributed by atoms with Crippen molar-refractivity contribution < 1.29 is 18.7 Å². The summed E-state index contributed by atoms with van der Waals surface area (Å²) in [5.74, 6) is -1.05. The Morgan fingerprint density at radius 1 is 1.07 bits per heavy atom. The molecular formula is C19H14ClN3O4. The van der Waals surface area contributed by atoms with Gasteiger partial charge in [0.25, 0.3) is 11.7 Å². The third kappa shape index (κ3) is 2.55. The second-order valence-corrected chi connectivity index (χ2v) is 6.67. The molecule has 1 fully saturated rings. The van der Waals surface area contributed by atoms with Crippen LogP contribution in [-0.4, -0.2) is 29.3 Å². The summed E-state index contributed by atoms with van der Waals surface area (Å²) in [5.41, 5.74) is 2.07. The van der Waals surface area contributed by atoms with E-state index in [0.29, 0.717) is 41.3 Å². The van der Waals surface area contributed by atoms with Gasteiger partial charge < -0.3 is 13.9 Å². The van der Waals surface area contributed by atoms with E-state index in [-0.39, 0.29) is 12.5 Å². The van der Waals surface area contributed by atoms with E-state index < -0.39 is 5.79 Å². The van der Waals surface area contributed by atoms with E-state index in [1.807, 2.05) is 30.3 Å². The molecule has 0 unspecified atom stereocenters. The molecule has 0 saturated carbocycles. The van der Waals surface area contributed by atoms with Crippen LogP contribution >= 0.6 is 11.6 Å². The minimum atomic E-state index is -1.44. The van der Waals surface area contributed by atoms with Gasteiger partial charge in [-0.1, -0.05) is 29.8 Å². The molecule has 8 heteroatoms. The number of fused-ring (bicyclic) bond motifs is 2. The molecule has 0 aliphatic carbocycles. The zero-order chi connectivity index (χ0) is 18.4. The molecule has 3 heterocycles. The van der Waals surface area contributed by atoms with Gasteiger partial charge in [0.15, 0.2) is 0 Å². The topological polar surface area (TPSA) is 77.7 Å². The number of amides is 1. The van der Waals surface area contributed by atoms with Gasteiger partial charge in [-0.15, -0.1) is 10.2 Å². The third-order valence-electron chi connectivity index (χ3n) is 4.61. The molecule has 136 valence electrons. The number of anilines is 1. The number of halogens is 1. The maximum Gasteiger partial charge on any atom is 0.293 e. The molecule has 7 nitrogen and oxygen atoms in total. The fourth-order valence-electron chi connectivity index (χ4n) is 3.41. The number of hydrogen-bond donors (Lipinski definition) is 0. The van der Waals surface area contributed by atoms with Crippen LogP contribution in [0.5, 0.6) is 0 Å². The van der Waals surface area contributed by atoms with Crippen molar-refractivity contribution in [3.63, 3.8) is 0 Å². The van der Waals surface area contributed by atoms with Crippen LogP contribution in [0.2, 0.25) is 5.02 Å². The maximum atomic E-state index is 13.1. The Morgan fingerprint density at radius 2 is 1.85 bits per heavy atom. The minimum absolute atomic E-state index is 0.113. The molecule has 1 spiro atoms. The van der Waals surface area contributed by atoms with Crippen molar-refractivity contribution in [1.82, 2.24) is 10.2 Å². The van der Waals surface area contributed by atoms with Crippen LogP contribution in [0.4, 0.5) is 5.69 Å². The van der Waals surface area contributed by atoms with Gasteiger partial charge in [0.05, 0.1) is 18.9 Å². The summed E-state index contributed by atoms with van der Waals surface area (Å²) >= 11 is 6.13. The fraction of sp³-hybridized carbons (Fsp3) is 0.211. The van der Waals surface area contributed by atoms with Crippen molar-refractivity contribution >= 4 is 23.2 Å². The number of nitrogens with zero attached hydrogens (tertiary/aromatic N) is 3. The van der Waals surface area contributed by atoms with Gasteiger partial charge in [-0.25, -0.2) is 0 Å². The lowest BCUT2D eigenvalue weighted by Crippen LogP contribution is -2.41. The number of carbonyl (C=O) groups excluding carboxylic acids is 1. The second kappa shape index (κ2) is 6.16. The highest BCUT2D eigenvalue weighted by Crippen LogP contribution is 2.47. The monoisotopic (exact) mass is 383 g/mol. The summed E-state index contributed by atoms with van der Waals surface area (Å²) in [6.45, 7) is 0.788. The fourth-order valence-corrected chi connectivity index (χ4v) is 3.58. The Bertz CT molecular complexity index is 1010. The molecule has 2 aliphatic rings. The number of rotatable bonds is 3. The van der Waals surface area contributed by atoms with Crippen LogP contribution < -0.4 is 4.90 Å². The Labute approximate surface area is 159 Å². The summed E-state index contributed by atoms with van der Waals surface area (Å²) in [7, 11) is 0. The Balaban J connectivity index is 1.50. The Morgan fingerprint density at radius 3 is 2.63 bits per heavy atom. The van der Waals surface area contributed by atoms with E-state index >= 15 is 0 Å². The highest BCUT2D eigenvalue weighted by atomic mass is 35.5. The van der Waals surface area contributed by atoms with Gasteiger partial charge in [0.2, 0.25) is 11.8 Å². The summed E-state index contributed by atoms with van der Waals surface area (Å²) in [5, 5.41) is 8.66. The first kappa shape index (κ1) is 16.4. The average Bonchev–Trinajstić information content (AvgIpc) is 3.41. The molecule has 0 atom stereocenters. The molecule has 2 aromatic carbocycles. The van der Waals surface area contributed by atoms with E-state index in [4.69, 9.17) is 25.5 Å². The van der Waals surface area contributed by atoms with E-state index in [9.17, 15) is 4.79 Å². The Hall–Kier alpha value is -2.74. The van der Waals surface area contributed by atoms with Crippen LogP contribution in [-0.2, 0) is 26.6 Å². The SMILES string of the molecule is O=C1N(Cc2nnc(-c3ccccc3)o2)c2ccc(Cl)cc2C12OCCO2. The molecule has 1 saturated heterocycles. The zero-order valence-corrected chi connectivity index (χ0v) is 14.8. The van der Waals surface area contributed by atoms with Gasteiger partial charge in [0.1, 0.15) is 6.54 Å². The van der Waals surface area contributed by atoms with Crippen molar-refractivity contribution in [3.05, 3.63) is 65.0 Å². The summed E-state index contributed by atoms with van der Waals surface area (Å²) in [6.07, 6.45) is 0. The van der Waals surface area contributed by atoms with Gasteiger partial charge in [-0.2, -0.15) is 0 Å². The second-order valence-electron chi connectivity index (χ2n) is 6.23. The standard InChI is InChI=1S/C19H14ClN3O4/c20-13-6-7-15-14(10-13)19(25-8-9-26-19)18(24)23(15)11-16-21-22-17(27-16)12-4-2-1-3-5-12/h1-7,10H,8-9,11H2. The number of benzene rings is 2. The van der Waals surface area contributed by atoms with Crippen molar-refractivity contribution in [3.8, 4) is 11.5 Å². The molecular weight excluding hydrogens is 370 g/mol. The molecule has 0 N–H and O–H groups in total. The third-order valence-corrected chi connectivity index (χ3v) is 4.84. The first-order valence-electron chi connectivity index (χ1n) is 8.45. The van der Waals surface area contributed by atoms with E-state index in [1.165, 1.54) is 4.90 Å². The first-order chi connectivity index (χ1) is 13.2. The molecule has 27 heavy (non-hydrogen) atoms. The van der Waals surface area contributed by atoms with Crippen molar-refractivity contribution in [2.75, 3.05) is 18.1 Å². The minimum Gasteiger partial charge on any atom is -0.419 e. The lowest BCUT2D eigenvalue weighted by Gasteiger charge is -2.21. The van der Waals surface area contributed by atoms with Gasteiger partial charge >= 0.3 is 0 Å². The molecule has 0 radical (unpaired) electrons.